The number of aryl methyl sites for hydroxylation is 1. The van der Waals surface area contributed by atoms with Gasteiger partial charge in [-0.15, -0.1) is 0 Å². The van der Waals surface area contributed by atoms with Crippen LogP contribution in [0.5, 0.6) is 0 Å². The molecule has 0 unspecified atom stereocenters. The first-order chi connectivity index (χ1) is 9.72. The zero-order valence-electron chi connectivity index (χ0n) is 11.3. The molecule has 1 aliphatic rings. The van der Waals surface area contributed by atoms with Crippen LogP contribution >= 0.6 is 0 Å². The van der Waals surface area contributed by atoms with Gasteiger partial charge in [-0.1, -0.05) is 35.9 Å². The first-order valence-electron chi connectivity index (χ1n) is 6.79. The third-order valence-electron chi connectivity index (χ3n) is 4.01. The highest BCUT2D eigenvalue weighted by molar-refractivity contribution is 5.79. The van der Waals surface area contributed by atoms with Gasteiger partial charge in [0.25, 0.3) is 5.56 Å². The van der Waals surface area contributed by atoms with Crippen molar-refractivity contribution in [2.24, 2.45) is 0 Å². The van der Waals surface area contributed by atoms with E-state index in [1.165, 1.54) is 11.1 Å². The van der Waals surface area contributed by atoms with Crippen LogP contribution in [-0.2, 0) is 13.0 Å². The van der Waals surface area contributed by atoms with Gasteiger partial charge >= 0.3 is 0 Å². The molecule has 0 saturated heterocycles. The highest BCUT2D eigenvalue weighted by Gasteiger charge is 2.18. The molecule has 2 heterocycles. The number of nitrogens with zero attached hydrogens (tertiary/aromatic N) is 2. The highest BCUT2D eigenvalue weighted by Crippen LogP contribution is 2.24. The smallest absolute Gasteiger partial charge is 0.280 e. The van der Waals surface area contributed by atoms with Crippen LogP contribution in [0.15, 0.2) is 47.3 Å². The van der Waals surface area contributed by atoms with Crippen molar-refractivity contribution in [3.8, 4) is 0 Å². The molecule has 0 aliphatic carbocycles. The van der Waals surface area contributed by atoms with E-state index in [1.807, 2.05) is 25.1 Å². The maximum atomic E-state index is 12.2. The number of benzene rings is 2. The van der Waals surface area contributed by atoms with Crippen LogP contribution in [0.1, 0.15) is 22.5 Å². The second-order valence-electron chi connectivity index (χ2n) is 5.39. The van der Waals surface area contributed by atoms with E-state index in [0.717, 1.165) is 29.9 Å². The fourth-order valence-corrected chi connectivity index (χ4v) is 2.97. The Labute approximate surface area is 116 Å². The van der Waals surface area contributed by atoms with Crippen molar-refractivity contribution in [3.05, 3.63) is 75.3 Å². The Bertz CT molecular complexity index is 893. The fraction of sp³-hybridized carbons (Fsp3) is 0.176. The van der Waals surface area contributed by atoms with Gasteiger partial charge in [-0.25, -0.2) is 0 Å². The maximum absolute atomic E-state index is 12.2. The average molecular weight is 262 g/mol. The van der Waals surface area contributed by atoms with Gasteiger partial charge in [-0.3, -0.25) is 4.79 Å². The van der Waals surface area contributed by atoms with Crippen molar-refractivity contribution in [3.63, 3.8) is 0 Å². The standard InChI is InChI=1S/C17H14N2O/c1-11-6-7-15-14(8-11)17(20)18-16-9-12-4-2-3-5-13(12)10-19(15)16/h2-8H,9-10H2,1H3. The molecule has 3 aromatic rings. The molecule has 0 fully saturated rings. The molecule has 3 nitrogen and oxygen atoms in total. The summed E-state index contributed by atoms with van der Waals surface area (Å²) in [5.74, 6) is 0.866. The summed E-state index contributed by atoms with van der Waals surface area (Å²) in [4.78, 5) is 16.5. The Hall–Kier alpha value is -2.42. The minimum atomic E-state index is -0.116. The molecular formula is C17H14N2O. The summed E-state index contributed by atoms with van der Waals surface area (Å²) in [6.45, 7) is 2.79. The zero-order valence-corrected chi connectivity index (χ0v) is 11.3. The lowest BCUT2D eigenvalue weighted by Gasteiger charge is -2.23. The van der Waals surface area contributed by atoms with Crippen LogP contribution < -0.4 is 5.56 Å². The highest BCUT2D eigenvalue weighted by atomic mass is 16.1. The Morgan fingerprint density at radius 3 is 2.75 bits per heavy atom. The molecule has 0 N–H and O–H groups in total. The normalized spacial score (nSPS) is 13.1. The van der Waals surface area contributed by atoms with E-state index < -0.39 is 0 Å². The largest absolute Gasteiger partial charge is 0.324 e. The van der Waals surface area contributed by atoms with Crippen molar-refractivity contribution < 1.29 is 0 Å². The van der Waals surface area contributed by atoms with Crippen LogP contribution in [0.2, 0.25) is 0 Å². The van der Waals surface area contributed by atoms with E-state index in [-0.39, 0.29) is 5.56 Å². The van der Waals surface area contributed by atoms with Crippen molar-refractivity contribution in [1.82, 2.24) is 9.55 Å². The van der Waals surface area contributed by atoms with Crippen molar-refractivity contribution in [2.75, 3.05) is 0 Å². The SMILES string of the molecule is Cc1ccc2c(c1)c(=O)nc1n2Cc2ccccc2C1. The minimum Gasteiger partial charge on any atom is -0.324 e. The van der Waals surface area contributed by atoms with E-state index in [0.29, 0.717) is 5.39 Å². The summed E-state index contributed by atoms with van der Waals surface area (Å²) >= 11 is 0. The lowest BCUT2D eigenvalue weighted by atomic mass is 10.00. The number of fused-ring (bicyclic) bond motifs is 4. The van der Waals surface area contributed by atoms with Gasteiger partial charge in [-0.2, -0.15) is 4.98 Å². The molecule has 0 atom stereocenters. The lowest BCUT2D eigenvalue weighted by molar-refractivity contribution is 0.694. The van der Waals surface area contributed by atoms with E-state index in [4.69, 9.17) is 0 Å². The molecule has 0 spiro atoms. The van der Waals surface area contributed by atoms with Gasteiger partial charge in [0.05, 0.1) is 10.9 Å². The van der Waals surface area contributed by atoms with Gasteiger partial charge in [0.2, 0.25) is 0 Å². The predicted octanol–water partition coefficient (Wildman–Crippen LogP) is 2.66. The number of hydrogen-bond acceptors (Lipinski definition) is 2. The molecular weight excluding hydrogens is 248 g/mol. The molecule has 1 aliphatic heterocycles. The Balaban J connectivity index is 2.03. The van der Waals surface area contributed by atoms with Crippen LogP contribution in [0.25, 0.3) is 10.9 Å². The zero-order chi connectivity index (χ0) is 13.7. The monoisotopic (exact) mass is 262 g/mol. The summed E-state index contributed by atoms with van der Waals surface area (Å²) in [6, 6.07) is 14.4. The van der Waals surface area contributed by atoms with Crippen molar-refractivity contribution in [1.29, 1.82) is 0 Å². The van der Waals surface area contributed by atoms with E-state index in [9.17, 15) is 4.79 Å². The molecule has 1 aromatic heterocycles. The summed E-state index contributed by atoms with van der Waals surface area (Å²) in [5.41, 5.74) is 4.54. The van der Waals surface area contributed by atoms with Gasteiger partial charge in [-0.05, 0) is 30.2 Å². The van der Waals surface area contributed by atoms with Gasteiger partial charge in [0.15, 0.2) is 0 Å². The predicted molar refractivity (Wildman–Crippen MR) is 79.1 cm³/mol. The van der Waals surface area contributed by atoms with Crippen LogP contribution in [-0.4, -0.2) is 9.55 Å². The third-order valence-corrected chi connectivity index (χ3v) is 4.01. The minimum absolute atomic E-state index is 0.116. The Morgan fingerprint density at radius 1 is 1.10 bits per heavy atom. The van der Waals surface area contributed by atoms with Gasteiger partial charge < -0.3 is 4.57 Å². The molecule has 0 bridgehead atoms. The average Bonchev–Trinajstić information content (AvgIpc) is 2.46. The Kier molecular flexibility index (Phi) is 2.30. The first kappa shape index (κ1) is 11.4. The fourth-order valence-electron chi connectivity index (χ4n) is 2.97. The quantitative estimate of drug-likeness (QED) is 0.488. The Morgan fingerprint density at radius 2 is 1.90 bits per heavy atom. The summed E-state index contributed by atoms with van der Waals surface area (Å²) in [7, 11) is 0. The maximum Gasteiger partial charge on any atom is 0.280 e. The molecule has 20 heavy (non-hydrogen) atoms. The number of hydrogen-bond donors (Lipinski definition) is 0. The second-order valence-corrected chi connectivity index (χ2v) is 5.39. The number of aromatic nitrogens is 2. The molecule has 0 amide bonds. The molecule has 2 aromatic carbocycles. The third kappa shape index (κ3) is 1.59. The first-order valence-corrected chi connectivity index (χ1v) is 6.79. The summed E-state index contributed by atoms with van der Waals surface area (Å²) in [6.07, 6.45) is 0.731. The van der Waals surface area contributed by atoms with Crippen LogP contribution in [0, 0.1) is 6.92 Å². The van der Waals surface area contributed by atoms with Gasteiger partial charge in [0.1, 0.15) is 5.82 Å². The second kappa shape index (κ2) is 4.04. The van der Waals surface area contributed by atoms with E-state index in [2.05, 4.69) is 33.8 Å². The van der Waals surface area contributed by atoms with Crippen molar-refractivity contribution >= 4 is 10.9 Å². The van der Waals surface area contributed by atoms with E-state index >= 15 is 0 Å². The van der Waals surface area contributed by atoms with E-state index in [1.54, 1.807) is 0 Å². The van der Waals surface area contributed by atoms with Gasteiger partial charge in [0, 0.05) is 13.0 Å². The lowest BCUT2D eigenvalue weighted by Crippen LogP contribution is -2.23. The molecule has 3 heteroatoms. The van der Waals surface area contributed by atoms with Crippen LogP contribution in [0.3, 0.4) is 0 Å². The van der Waals surface area contributed by atoms with Crippen LogP contribution in [0.4, 0.5) is 0 Å². The molecule has 0 saturated carbocycles. The summed E-state index contributed by atoms with van der Waals surface area (Å²) in [5, 5.41) is 0.716. The molecule has 4 rings (SSSR count). The molecule has 0 radical (unpaired) electrons. The topological polar surface area (TPSA) is 34.9 Å². The van der Waals surface area contributed by atoms with Crippen molar-refractivity contribution in [2.45, 2.75) is 19.9 Å². The number of rotatable bonds is 0. The summed E-state index contributed by atoms with van der Waals surface area (Å²) < 4.78 is 2.17. The molecule has 98 valence electrons.